The number of hydrogen-bond acceptors (Lipinski definition) is 1. The van der Waals surface area contributed by atoms with Crippen LogP contribution in [-0.4, -0.2) is 10.2 Å². The highest BCUT2D eigenvalue weighted by Gasteiger charge is 2.00. The first-order valence-corrected chi connectivity index (χ1v) is 4.43. The maximum atomic E-state index is 8.96. The van der Waals surface area contributed by atoms with Gasteiger partial charge in [-0.1, -0.05) is 31.2 Å². The quantitative estimate of drug-likeness (QED) is 0.722. The molecule has 1 N–H and O–H groups in total. The van der Waals surface area contributed by atoms with E-state index >= 15 is 0 Å². The van der Waals surface area contributed by atoms with E-state index in [1.807, 2.05) is 18.2 Å². The fourth-order valence-electron chi connectivity index (χ4n) is 1.24. The second-order valence-electron chi connectivity index (χ2n) is 2.69. The van der Waals surface area contributed by atoms with Crippen LogP contribution in [0.3, 0.4) is 0 Å². The van der Waals surface area contributed by atoms with Gasteiger partial charge in [-0.25, -0.2) is 0 Å². The minimum Gasteiger partial charge on any atom is -0.502 e. The molecule has 0 heterocycles. The largest absolute Gasteiger partial charge is 0.502 e. The van der Waals surface area contributed by atoms with Gasteiger partial charge in [0.05, 0.1) is 0 Å². The maximum Gasteiger partial charge on any atom is 0.160 e. The van der Waals surface area contributed by atoms with Gasteiger partial charge >= 0.3 is 0 Å². The maximum absolute atomic E-state index is 8.96. The normalized spacial score (nSPS) is 9.75. The summed E-state index contributed by atoms with van der Waals surface area (Å²) in [6.45, 7) is 2.10. The van der Waals surface area contributed by atoms with Gasteiger partial charge < -0.3 is 5.11 Å². The summed E-state index contributed by atoms with van der Waals surface area (Å²) in [5.41, 5.74) is 2.39. The number of rotatable bonds is 3. The summed E-state index contributed by atoms with van der Waals surface area (Å²) in [6, 6.07) is 8.03. The topological polar surface area (TPSA) is 20.2 Å². The van der Waals surface area contributed by atoms with Crippen molar-refractivity contribution in [2.45, 2.75) is 19.8 Å². The zero-order valence-corrected chi connectivity index (χ0v) is 7.90. The Bertz CT molecular complexity index is 281. The Morgan fingerprint density at radius 3 is 2.42 bits per heavy atom. The first kappa shape index (κ1) is 9.20. The predicted molar refractivity (Wildman–Crippen MR) is 54.8 cm³/mol. The second kappa shape index (κ2) is 4.21. The van der Waals surface area contributed by atoms with Crippen LogP contribution in [0, 0.1) is 0 Å². The predicted octanol–water partition coefficient (Wildman–Crippen LogP) is 2.68. The van der Waals surface area contributed by atoms with Crippen molar-refractivity contribution in [3.8, 4) is 0 Å². The molecule has 0 aliphatic rings. The minimum atomic E-state index is 0.0656. The molecule has 0 amide bonds. The average molecular weight is 180 g/mol. The van der Waals surface area contributed by atoms with E-state index in [-0.39, 0.29) is 5.05 Å². The lowest BCUT2D eigenvalue weighted by Gasteiger charge is -2.04. The van der Waals surface area contributed by atoms with Gasteiger partial charge in [0.25, 0.3) is 0 Å². The van der Waals surface area contributed by atoms with Crippen LogP contribution in [0.15, 0.2) is 24.3 Å². The first-order valence-electron chi connectivity index (χ1n) is 4.02. The van der Waals surface area contributed by atoms with Gasteiger partial charge in [0.15, 0.2) is 5.05 Å². The zero-order valence-electron chi connectivity index (χ0n) is 7.08. The van der Waals surface area contributed by atoms with Crippen LogP contribution in [0.4, 0.5) is 0 Å². The van der Waals surface area contributed by atoms with Crippen molar-refractivity contribution in [3.63, 3.8) is 0 Å². The van der Waals surface area contributed by atoms with Crippen LogP contribution in [0.1, 0.15) is 18.1 Å². The Morgan fingerprint density at radius 1 is 1.33 bits per heavy atom. The number of aliphatic hydroxyl groups is 1. The summed E-state index contributed by atoms with van der Waals surface area (Å²) in [6.07, 6.45) is 1.48. The van der Waals surface area contributed by atoms with Gasteiger partial charge in [-0.2, -0.15) is 0 Å². The van der Waals surface area contributed by atoms with Crippen molar-refractivity contribution in [1.82, 2.24) is 0 Å². The molecule has 1 rings (SSSR count). The molecule has 0 atom stereocenters. The summed E-state index contributed by atoms with van der Waals surface area (Å²) in [4.78, 5) is 0. The van der Waals surface area contributed by atoms with Crippen molar-refractivity contribution in [1.29, 1.82) is 0 Å². The Hall–Kier alpha value is -0.890. The molecule has 0 aliphatic heterocycles. The summed E-state index contributed by atoms with van der Waals surface area (Å²) in [5, 5.41) is 9.02. The molecule has 1 nitrogen and oxygen atoms in total. The summed E-state index contributed by atoms with van der Waals surface area (Å²) in [7, 11) is 0. The fourth-order valence-corrected chi connectivity index (χ4v) is 1.39. The number of thiocarbonyl (C=S) groups is 1. The molecule has 0 saturated carbocycles. The van der Waals surface area contributed by atoms with Gasteiger partial charge in [-0.05, 0) is 29.8 Å². The van der Waals surface area contributed by atoms with Crippen LogP contribution in [0.25, 0.3) is 0 Å². The molecule has 0 spiro atoms. The molecule has 0 fully saturated rings. The molecule has 0 bridgehead atoms. The molecule has 0 unspecified atom stereocenters. The van der Waals surface area contributed by atoms with Gasteiger partial charge in [0.1, 0.15) is 0 Å². The molecule has 1 aromatic carbocycles. The van der Waals surface area contributed by atoms with Gasteiger partial charge in [0.2, 0.25) is 0 Å². The molecular weight excluding hydrogens is 168 g/mol. The number of benzene rings is 1. The fraction of sp³-hybridized carbons (Fsp3) is 0.300. The summed E-state index contributed by atoms with van der Waals surface area (Å²) >= 11 is 4.64. The molecule has 0 saturated heterocycles. The third-order valence-electron chi connectivity index (χ3n) is 1.84. The lowest BCUT2D eigenvalue weighted by molar-refractivity contribution is 0.555. The van der Waals surface area contributed by atoms with Crippen LogP contribution in [-0.2, 0) is 12.8 Å². The number of hydrogen-bond donors (Lipinski definition) is 1. The molecule has 2 heteroatoms. The molecule has 12 heavy (non-hydrogen) atoms. The van der Waals surface area contributed by atoms with Crippen molar-refractivity contribution in [2.24, 2.45) is 0 Å². The van der Waals surface area contributed by atoms with E-state index in [2.05, 4.69) is 25.2 Å². The van der Waals surface area contributed by atoms with E-state index in [4.69, 9.17) is 5.11 Å². The Kier molecular flexibility index (Phi) is 3.23. The van der Waals surface area contributed by atoms with Crippen LogP contribution < -0.4 is 0 Å². The average Bonchev–Trinajstić information content (AvgIpc) is 2.04. The van der Waals surface area contributed by atoms with Crippen molar-refractivity contribution in [3.05, 3.63) is 35.4 Å². The first-order chi connectivity index (χ1) is 5.74. The second-order valence-corrected chi connectivity index (χ2v) is 3.16. The third kappa shape index (κ3) is 2.31. The number of aryl methyl sites for hydroxylation is 1. The minimum absolute atomic E-state index is 0.0656. The zero-order chi connectivity index (χ0) is 8.97. The summed E-state index contributed by atoms with van der Waals surface area (Å²) in [5.74, 6) is 0. The van der Waals surface area contributed by atoms with E-state index in [0.717, 1.165) is 12.0 Å². The van der Waals surface area contributed by atoms with E-state index in [9.17, 15) is 0 Å². The van der Waals surface area contributed by atoms with E-state index in [1.54, 1.807) is 0 Å². The van der Waals surface area contributed by atoms with Gasteiger partial charge in [0, 0.05) is 6.42 Å². The van der Waals surface area contributed by atoms with E-state index in [0.29, 0.717) is 6.42 Å². The van der Waals surface area contributed by atoms with Crippen molar-refractivity contribution in [2.75, 3.05) is 0 Å². The molecule has 0 aliphatic carbocycles. The molecule has 1 aromatic rings. The SMILES string of the molecule is CCc1ccccc1CC(O)=S. The van der Waals surface area contributed by atoms with E-state index < -0.39 is 0 Å². The highest BCUT2D eigenvalue weighted by Crippen LogP contribution is 2.10. The molecular formula is C10H12OS. The Labute approximate surface area is 78.0 Å². The highest BCUT2D eigenvalue weighted by atomic mass is 32.1. The van der Waals surface area contributed by atoms with Gasteiger partial charge in [-0.3, -0.25) is 0 Å². The van der Waals surface area contributed by atoms with Crippen molar-refractivity contribution >= 4 is 17.3 Å². The molecule has 0 radical (unpaired) electrons. The summed E-state index contributed by atoms with van der Waals surface area (Å²) < 4.78 is 0. The van der Waals surface area contributed by atoms with Crippen molar-refractivity contribution < 1.29 is 5.11 Å². The highest BCUT2D eigenvalue weighted by molar-refractivity contribution is 7.80. The Balaban J connectivity index is 2.89. The molecule has 64 valence electrons. The standard InChI is InChI=1S/C10H12OS/c1-2-8-5-3-4-6-9(8)7-10(11)12/h3-6H,2,7H2,1H3,(H,11,12). The molecule has 0 aromatic heterocycles. The van der Waals surface area contributed by atoms with Crippen LogP contribution in [0.5, 0.6) is 0 Å². The monoisotopic (exact) mass is 180 g/mol. The van der Waals surface area contributed by atoms with Gasteiger partial charge in [-0.15, -0.1) is 0 Å². The Morgan fingerprint density at radius 2 is 1.92 bits per heavy atom. The smallest absolute Gasteiger partial charge is 0.160 e. The van der Waals surface area contributed by atoms with Crippen LogP contribution in [0.2, 0.25) is 0 Å². The number of aliphatic hydroxyl groups excluding tert-OH is 1. The lowest BCUT2D eigenvalue weighted by atomic mass is 10.0. The van der Waals surface area contributed by atoms with E-state index in [1.165, 1.54) is 5.56 Å². The van der Waals surface area contributed by atoms with Crippen LogP contribution >= 0.6 is 12.2 Å². The lowest BCUT2D eigenvalue weighted by Crippen LogP contribution is -2.00. The third-order valence-corrected chi connectivity index (χ3v) is 1.99.